The second-order valence-electron chi connectivity index (χ2n) is 7.03. The number of carbonyl (C=O) groups excluding carboxylic acids is 1. The molecule has 3 aromatic rings. The minimum Gasteiger partial charge on any atom is -0.435 e. The Bertz CT molecular complexity index is 982. The summed E-state index contributed by atoms with van der Waals surface area (Å²) in [4.78, 5) is 17.6. The molecule has 2 heterocycles. The first kappa shape index (κ1) is 19.7. The monoisotopic (exact) mass is 388 g/mol. The van der Waals surface area contributed by atoms with Crippen molar-refractivity contribution in [2.45, 2.75) is 46.3 Å². The number of benzene rings is 1. The molecule has 0 saturated carbocycles. The standard InChI is InChI=1S/C20H22F2N4O2/c1-11(2)17-9-15(16-10-23-26(12(3)4)18(16)25-17)19(27)24-13-5-7-14(8-6-13)28-20(21)22/h5-12,20H,1-4H3,(H,24,27). The summed E-state index contributed by atoms with van der Waals surface area (Å²) in [6.07, 6.45) is 1.64. The van der Waals surface area contributed by atoms with Crippen LogP contribution in [0.5, 0.6) is 5.75 Å². The van der Waals surface area contributed by atoms with E-state index in [0.717, 1.165) is 5.69 Å². The van der Waals surface area contributed by atoms with E-state index >= 15 is 0 Å². The lowest BCUT2D eigenvalue weighted by Gasteiger charge is -2.12. The van der Waals surface area contributed by atoms with Crippen molar-refractivity contribution in [1.82, 2.24) is 14.8 Å². The predicted molar refractivity (Wildman–Crippen MR) is 103 cm³/mol. The minimum atomic E-state index is -2.89. The lowest BCUT2D eigenvalue weighted by Crippen LogP contribution is -2.14. The molecule has 28 heavy (non-hydrogen) atoms. The van der Waals surface area contributed by atoms with Crippen LogP contribution in [0.4, 0.5) is 14.5 Å². The molecule has 3 rings (SSSR count). The van der Waals surface area contributed by atoms with Crippen LogP contribution >= 0.6 is 0 Å². The Morgan fingerprint density at radius 1 is 1.14 bits per heavy atom. The van der Waals surface area contributed by atoms with Crippen LogP contribution in [-0.4, -0.2) is 27.3 Å². The largest absolute Gasteiger partial charge is 0.435 e. The van der Waals surface area contributed by atoms with Crippen LogP contribution in [0, 0.1) is 0 Å². The summed E-state index contributed by atoms with van der Waals surface area (Å²) in [6, 6.07) is 7.64. The number of pyridine rings is 1. The highest BCUT2D eigenvalue weighted by atomic mass is 19.3. The zero-order chi connectivity index (χ0) is 20.4. The van der Waals surface area contributed by atoms with Gasteiger partial charge in [0.1, 0.15) is 5.75 Å². The average molecular weight is 388 g/mol. The van der Waals surface area contributed by atoms with E-state index in [9.17, 15) is 13.6 Å². The molecule has 6 nitrogen and oxygen atoms in total. The molecule has 0 fully saturated rings. The van der Waals surface area contributed by atoms with E-state index in [1.807, 2.05) is 27.7 Å². The van der Waals surface area contributed by atoms with Gasteiger partial charge in [-0.15, -0.1) is 0 Å². The number of alkyl halides is 2. The molecular formula is C20H22F2N4O2. The van der Waals surface area contributed by atoms with Crippen molar-refractivity contribution in [2.24, 2.45) is 0 Å². The van der Waals surface area contributed by atoms with Crippen molar-refractivity contribution in [3.63, 3.8) is 0 Å². The third kappa shape index (κ3) is 4.11. The van der Waals surface area contributed by atoms with Gasteiger partial charge in [-0.1, -0.05) is 13.8 Å². The first-order valence-electron chi connectivity index (χ1n) is 9.00. The molecule has 0 radical (unpaired) electrons. The predicted octanol–water partition coefficient (Wildman–Crippen LogP) is 4.99. The fourth-order valence-corrected chi connectivity index (χ4v) is 2.82. The number of rotatable bonds is 6. The molecule has 2 aromatic heterocycles. The Morgan fingerprint density at radius 3 is 2.39 bits per heavy atom. The van der Waals surface area contributed by atoms with Gasteiger partial charge in [-0.05, 0) is 50.1 Å². The topological polar surface area (TPSA) is 69.0 Å². The van der Waals surface area contributed by atoms with Crippen molar-refractivity contribution in [2.75, 3.05) is 5.32 Å². The maximum atomic E-state index is 12.9. The van der Waals surface area contributed by atoms with Crippen LogP contribution in [0.25, 0.3) is 11.0 Å². The highest BCUT2D eigenvalue weighted by Gasteiger charge is 2.19. The number of hydrogen-bond acceptors (Lipinski definition) is 4. The summed E-state index contributed by atoms with van der Waals surface area (Å²) in [5.41, 5.74) is 2.39. The third-order valence-electron chi connectivity index (χ3n) is 4.25. The maximum Gasteiger partial charge on any atom is 0.387 e. The summed E-state index contributed by atoms with van der Waals surface area (Å²) in [7, 11) is 0. The van der Waals surface area contributed by atoms with Gasteiger partial charge in [-0.3, -0.25) is 4.79 Å². The summed E-state index contributed by atoms with van der Waals surface area (Å²) >= 11 is 0. The number of ether oxygens (including phenoxy) is 1. The third-order valence-corrected chi connectivity index (χ3v) is 4.25. The molecule has 0 unspecified atom stereocenters. The Balaban J connectivity index is 1.94. The molecule has 0 spiro atoms. The van der Waals surface area contributed by atoms with Gasteiger partial charge < -0.3 is 10.1 Å². The number of aromatic nitrogens is 3. The number of carbonyl (C=O) groups is 1. The van der Waals surface area contributed by atoms with E-state index < -0.39 is 6.61 Å². The normalized spacial score (nSPS) is 11.6. The molecule has 0 atom stereocenters. The van der Waals surface area contributed by atoms with Gasteiger partial charge in [0.25, 0.3) is 5.91 Å². The van der Waals surface area contributed by atoms with Gasteiger partial charge in [0.15, 0.2) is 5.65 Å². The molecule has 0 aliphatic rings. The van der Waals surface area contributed by atoms with Crippen LogP contribution < -0.4 is 10.1 Å². The van der Waals surface area contributed by atoms with Crippen LogP contribution in [0.15, 0.2) is 36.5 Å². The fourth-order valence-electron chi connectivity index (χ4n) is 2.82. The summed E-state index contributed by atoms with van der Waals surface area (Å²) in [5, 5.41) is 7.82. The van der Waals surface area contributed by atoms with Crippen LogP contribution in [0.1, 0.15) is 55.7 Å². The molecule has 1 amide bonds. The average Bonchev–Trinajstić information content (AvgIpc) is 3.06. The Morgan fingerprint density at radius 2 is 1.82 bits per heavy atom. The van der Waals surface area contributed by atoms with Gasteiger partial charge in [0, 0.05) is 17.4 Å². The first-order valence-corrected chi connectivity index (χ1v) is 9.00. The van der Waals surface area contributed by atoms with Crippen molar-refractivity contribution < 1.29 is 18.3 Å². The minimum absolute atomic E-state index is 0.0274. The van der Waals surface area contributed by atoms with E-state index in [4.69, 9.17) is 0 Å². The van der Waals surface area contributed by atoms with Crippen LogP contribution in [0.2, 0.25) is 0 Å². The number of nitrogens with one attached hydrogen (secondary N) is 1. The summed E-state index contributed by atoms with van der Waals surface area (Å²) in [6.45, 7) is 5.12. The van der Waals surface area contributed by atoms with E-state index in [0.29, 0.717) is 22.3 Å². The smallest absolute Gasteiger partial charge is 0.387 e. The maximum absolute atomic E-state index is 12.9. The zero-order valence-corrected chi connectivity index (χ0v) is 16.1. The van der Waals surface area contributed by atoms with E-state index in [1.54, 1.807) is 16.9 Å². The molecule has 148 valence electrons. The number of nitrogens with zero attached hydrogens (tertiary/aromatic N) is 3. The molecule has 0 bridgehead atoms. The molecule has 8 heteroatoms. The van der Waals surface area contributed by atoms with E-state index in [2.05, 4.69) is 20.1 Å². The van der Waals surface area contributed by atoms with Gasteiger partial charge in [-0.2, -0.15) is 13.9 Å². The van der Waals surface area contributed by atoms with Crippen LogP contribution in [0.3, 0.4) is 0 Å². The van der Waals surface area contributed by atoms with E-state index in [1.165, 1.54) is 24.3 Å². The quantitative estimate of drug-likeness (QED) is 0.646. The molecule has 0 aliphatic carbocycles. The Labute approximate surface area is 161 Å². The Hall–Kier alpha value is -3.03. The van der Waals surface area contributed by atoms with Crippen LogP contribution in [-0.2, 0) is 0 Å². The summed E-state index contributed by atoms with van der Waals surface area (Å²) in [5.74, 6) is -0.156. The molecule has 1 aromatic carbocycles. The van der Waals surface area contributed by atoms with Gasteiger partial charge >= 0.3 is 6.61 Å². The highest BCUT2D eigenvalue weighted by Crippen LogP contribution is 2.25. The lowest BCUT2D eigenvalue weighted by molar-refractivity contribution is -0.0498. The second kappa shape index (κ2) is 7.92. The van der Waals surface area contributed by atoms with Crippen molar-refractivity contribution in [3.05, 3.63) is 47.8 Å². The first-order chi connectivity index (χ1) is 13.3. The zero-order valence-electron chi connectivity index (χ0n) is 16.1. The molecule has 0 aliphatic heterocycles. The van der Waals surface area contributed by atoms with Crippen molar-refractivity contribution >= 4 is 22.6 Å². The van der Waals surface area contributed by atoms with Gasteiger partial charge in [0.2, 0.25) is 0 Å². The fraction of sp³-hybridized carbons (Fsp3) is 0.350. The Kier molecular flexibility index (Phi) is 5.58. The number of fused-ring (bicyclic) bond motifs is 1. The molecular weight excluding hydrogens is 366 g/mol. The SMILES string of the molecule is CC(C)c1cc(C(=O)Nc2ccc(OC(F)F)cc2)c2cnn(C(C)C)c2n1. The number of halogens is 2. The number of amides is 1. The second-order valence-corrected chi connectivity index (χ2v) is 7.03. The number of anilines is 1. The van der Waals surface area contributed by atoms with Crippen molar-refractivity contribution in [3.8, 4) is 5.75 Å². The van der Waals surface area contributed by atoms with Crippen molar-refractivity contribution in [1.29, 1.82) is 0 Å². The van der Waals surface area contributed by atoms with E-state index in [-0.39, 0.29) is 23.6 Å². The lowest BCUT2D eigenvalue weighted by atomic mass is 10.0. The molecule has 1 N–H and O–H groups in total. The summed E-state index contributed by atoms with van der Waals surface area (Å²) < 4.78 is 30.6. The number of hydrogen-bond donors (Lipinski definition) is 1. The highest BCUT2D eigenvalue weighted by molar-refractivity contribution is 6.12. The van der Waals surface area contributed by atoms with Gasteiger partial charge in [-0.25, -0.2) is 9.67 Å². The molecule has 0 saturated heterocycles. The van der Waals surface area contributed by atoms with Gasteiger partial charge in [0.05, 0.1) is 17.1 Å².